The third kappa shape index (κ3) is 4.09. The van der Waals surface area contributed by atoms with Gasteiger partial charge in [0.25, 0.3) is 0 Å². The third-order valence-electron chi connectivity index (χ3n) is 6.10. The van der Waals surface area contributed by atoms with Gasteiger partial charge in [0.05, 0.1) is 11.1 Å². The molecule has 4 rings (SSSR count). The minimum absolute atomic E-state index is 0.117. The van der Waals surface area contributed by atoms with Crippen LogP contribution in [0.5, 0.6) is 0 Å². The third-order valence-corrected chi connectivity index (χ3v) is 6.10. The van der Waals surface area contributed by atoms with Crippen LogP contribution in [0.25, 0.3) is 0 Å². The SMILES string of the molecule is FC(F)(F)c1ccc(N2CCC[C@H]2[C@@H]2CCCN2c2ccc(C(F)(F)F)cc2)cc1. The number of hydrogen-bond donors (Lipinski definition) is 0. The standard InChI is InChI=1S/C22H22F6N2/c23-21(24,25)15-5-9-17(10-6-15)29-13-1-3-19(29)20-4-2-14-30(20)18-11-7-16(8-12-18)22(26,27)28/h5-12,19-20H,1-4,13-14H2/t19-,20-/m0/s1. The lowest BCUT2D eigenvalue weighted by Gasteiger charge is -2.37. The zero-order chi connectivity index (χ0) is 21.5. The average Bonchev–Trinajstić information content (AvgIpc) is 3.36. The van der Waals surface area contributed by atoms with Gasteiger partial charge in [-0.25, -0.2) is 0 Å². The molecule has 2 nitrogen and oxygen atoms in total. The van der Waals surface area contributed by atoms with Gasteiger partial charge in [0, 0.05) is 36.5 Å². The van der Waals surface area contributed by atoms with Crippen molar-refractivity contribution in [1.29, 1.82) is 0 Å². The Labute approximate surface area is 171 Å². The molecule has 2 aliphatic rings. The van der Waals surface area contributed by atoms with Gasteiger partial charge in [-0.05, 0) is 74.2 Å². The van der Waals surface area contributed by atoms with Crippen molar-refractivity contribution < 1.29 is 26.3 Å². The predicted molar refractivity (Wildman–Crippen MR) is 104 cm³/mol. The molecular formula is C22H22F6N2. The van der Waals surface area contributed by atoms with Crippen LogP contribution in [-0.4, -0.2) is 25.2 Å². The van der Waals surface area contributed by atoms with Crippen molar-refractivity contribution in [2.45, 2.75) is 50.1 Å². The van der Waals surface area contributed by atoms with Crippen molar-refractivity contribution in [2.75, 3.05) is 22.9 Å². The van der Waals surface area contributed by atoms with E-state index in [-0.39, 0.29) is 12.1 Å². The van der Waals surface area contributed by atoms with Gasteiger partial charge in [-0.3, -0.25) is 0 Å². The fraction of sp³-hybridized carbons (Fsp3) is 0.455. The van der Waals surface area contributed by atoms with Crippen molar-refractivity contribution in [3.05, 3.63) is 59.7 Å². The summed E-state index contributed by atoms with van der Waals surface area (Å²) < 4.78 is 77.2. The van der Waals surface area contributed by atoms with Gasteiger partial charge in [0.2, 0.25) is 0 Å². The maximum atomic E-state index is 12.9. The second-order valence-corrected chi connectivity index (χ2v) is 7.90. The molecule has 0 N–H and O–H groups in total. The zero-order valence-corrected chi connectivity index (χ0v) is 16.2. The van der Waals surface area contributed by atoms with E-state index in [4.69, 9.17) is 0 Å². The van der Waals surface area contributed by atoms with Crippen LogP contribution in [-0.2, 0) is 12.4 Å². The normalized spacial score (nSPS) is 22.7. The van der Waals surface area contributed by atoms with Crippen molar-refractivity contribution in [1.82, 2.24) is 0 Å². The van der Waals surface area contributed by atoms with Crippen molar-refractivity contribution in [3.63, 3.8) is 0 Å². The van der Waals surface area contributed by atoms with E-state index in [0.29, 0.717) is 0 Å². The summed E-state index contributed by atoms with van der Waals surface area (Å²) in [5, 5.41) is 0. The predicted octanol–water partition coefficient (Wildman–Crippen LogP) is 6.36. The van der Waals surface area contributed by atoms with Crippen LogP contribution >= 0.6 is 0 Å². The maximum Gasteiger partial charge on any atom is 0.416 e. The molecule has 162 valence electrons. The van der Waals surface area contributed by atoms with Gasteiger partial charge in [-0.2, -0.15) is 26.3 Å². The Morgan fingerprint density at radius 3 is 1.20 bits per heavy atom. The molecular weight excluding hydrogens is 406 g/mol. The van der Waals surface area contributed by atoms with Crippen LogP contribution in [0.2, 0.25) is 0 Å². The summed E-state index contributed by atoms with van der Waals surface area (Å²) in [6, 6.07) is 10.7. The zero-order valence-electron chi connectivity index (χ0n) is 16.2. The molecule has 0 spiro atoms. The topological polar surface area (TPSA) is 6.48 Å². The van der Waals surface area contributed by atoms with Crippen LogP contribution in [0.15, 0.2) is 48.5 Å². The first-order valence-electron chi connectivity index (χ1n) is 10.0. The summed E-state index contributed by atoms with van der Waals surface area (Å²) in [6.07, 6.45) is -5.06. The number of rotatable bonds is 3. The van der Waals surface area contributed by atoms with E-state index >= 15 is 0 Å². The molecule has 0 aliphatic carbocycles. The summed E-state index contributed by atoms with van der Waals surface area (Å²) >= 11 is 0. The van der Waals surface area contributed by atoms with Crippen molar-refractivity contribution >= 4 is 11.4 Å². The highest BCUT2D eigenvalue weighted by Crippen LogP contribution is 2.38. The first-order valence-corrected chi connectivity index (χ1v) is 10.0. The Kier molecular flexibility index (Phi) is 5.36. The highest BCUT2D eigenvalue weighted by atomic mass is 19.4. The summed E-state index contributed by atoms with van der Waals surface area (Å²) in [5.41, 5.74) is 0.165. The Balaban J connectivity index is 1.54. The number of nitrogens with zero attached hydrogens (tertiary/aromatic N) is 2. The maximum absolute atomic E-state index is 12.9. The molecule has 2 atom stereocenters. The average molecular weight is 428 g/mol. The molecule has 30 heavy (non-hydrogen) atoms. The largest absolute Gasteiger partial charge is 0.416 e. The minimum atomic E-state index is -4.37. The molecule has 0 amide bonds. The molecule has 8 heteroatoms. The highest BCUT2D eigenvalue weighted by Gasteiger charge is 2.39. The lowest BCUT2D eigenvalue weighted by atomic mass is 10.0. The van der Waals surface area contributed by atoms with Crippen LogP contribution in [0, 0.1) is 0 Å². The number of hydrogen-bond acceptors (Lipinski definition) is 2. The Hall–Kier alpha value is -2.38. The molecule has 2 saturated heterocycles. The van der Waals surface area contributed by atoms with E-state index in [1.807, 2.05) is 0 Å². The molecule has 2 aromatic carbocycles. The monoisotopic (exact) mass is 428 g/mol. The first kappa shape index (κ1) is 20.9. The molecule has 2 heterocycles. The molecule has 2 aromatic rings. The van der Waals surface area contributed by atoms with Gasteiger partial charge in [0.1, 0.15) is 0 Å². The van der Waals surface area contributed by atoms with Gasteiger partial charge >= 0.3 is 12.4 Å². The van der Waals surface area contributed by atoms with E-state index in [1.54, 1.807) is 0 Å². The minimum Gasteiger partial charge on any atom is -0.366 e. The van der Waals surface area contributed by atoms with E-state index in [1.165, 1.54) is 24.3 Å². The molecule has 2 fully saturated rings. The molecule has 0 aromatic heterocycles. The van der Waals surface area contributed by atoms with E-state index in [0.717, 1.165) is 74.4 Å². The fourth-order valence-corrected chi connectivity index (χ4v) is 4.71. The van der Waals surface area contributed by atoms with Crippen molar-refractivity contribution in [3.8, 4) is 0 Å². The molecule has 0 radical (unpaired) electrons. The number of alkyl halides is 6. The fourth-order valence-electron chi connectivity index (χ4n) is 4.71. The lowest BCUT2D eigenvalue weighted by molar-refractivity contribution is -0.138. The molecule has 0 saturated carbocycles. The van der Waals surface area contributed by atoms with Gasteiger partial charge < -0.3 is 9.80 Å². The number of benzene rings is 2. The second-order valence-electron chi connectivity index (χ2n) is 7.90. The van der Waals surface area contributed by atoms with E-state index in [9.17, 15) is 26.3 Å². The first-order chi connectivity index (χ1) is 14.1. The van der Waals surface area contributed by atoms with Crippen LogP contribution in [0.4, 0.5) is 37.7 Å². The molecule has 0 bridgehead atoms. The summed E-state index contributed by atoms with van der Waals surface area (Å²) in [7, 11) is 0. The molecule has 2 aliphatic heterocycles. The van der Waals surface area contributed by atoms with Crippen LogP contribution in [0.3, 0.4) is 0 Å². The second kappa shape index (κ2) is 7.71. The summed E-state index contributed by atoms with van der Waals surface area (Å²) in [4.78, 5) is 4.29. The highest BCUT2D eigenvalue weighted by molar-refractivity contribution is 5.54. The Morgan fingerprint density at radius 1 is 0.567 bits per heavy atom. The van der Waals surface area contributed by atoms with E-state index < -0.39 is 23.5 Å². The van der Waals surface area contributed by atoms with Gasteiger partial charge in [-0.15, -0.1) is 0 Å². The van der Waals surface area contributed by atoms with E-state index in [2.05, 4.69) is 9.80 Å². The quantitative estimate of drug-likeness (QED) is 0.525. The van der Waals surface area contributed by atoms with Crippen LogP contribution < -0.4 is 9.80 Å². The molecule has 0 unspecified atom stereocenters. The smallest absolute Gasteiger partial charge is 0.366 e. The van der Waals surface area contributed by atoms with Crippen LogP contribution in [0.1, 0.15) is 36.8 Å². The summed E-state index contributed by atoms with van der Waals surface area (Å²) in [5.74, 6) is 0. The number of halogens is 6. The summed E-state index contributed by atoms with van der Waals surface area (Å²) in [6.45, 7) is 1.51. The number of anilines is 2. The van der Waals surface area contributed by atoms with Gasteiger partial charge in [-0.1, -0.05) is 0 Å². The lowest BCUT2D eigenvalue weighted by Crippen LogP contribution is -2.46. The van der Waals surface area contributed by atoms with Crippen molar-refractivity contribution in [2.24, 2.45) is 0 Å². The Bertz CT molecular complexity index is 784. The van der Waals surface area contributed by atoms with Gasteiger partial charge in [0.15, 0.2) is 0 Å². The Morgan fingerprint density at radius 2 is 0.900 bits per heavy atom.